The Labute approximate surface area is 185 Å². The lowest BCUT2D eigenvalue weighted by Crippen LogP contribution is -2.28. The zero-order valence-electron chi connectivity index (χ0n) is 19.1. The van der Waals surface area contributed by atoms with Crippen molar-refractivity contribution in [2.75, 3.05) is 6.54 Å². The molecule has 1 N–H and O–H groups in total. The fourth-order valence-corrected chi connectivity index (χ4v) is 3.61. The molecule has 1 aromatic heterocycles. The van der Waals surface area contributed by atoms with Crippen LogP contribution in [0.15, 0.2) is 42.5 Å². The molecule has 0 aliphatic heterocycles. The molecule has 6 nitrogen and oxygen atoms in total. The van der Waals surface area contributed by atoms with Gasteiger partial charge in [0.2, 0.25) is 0 Å². The van der Waals surface area contributed by atoms with Crippen LogP contribution in [-0.2, 0) is 5.41 Å². The van der Waals surface area contributed by atoms with E-state index in [4.69, 9.17) is 4.74 Å². The summed E-state index contributed by atoms with van der Waals surface area (Å²) in [5, 5.41) is 12.0. The standard InChI is InChI=1S/C25H34N4O2/c1-5-7-11-16-25(3,4)19-14-15-23(31-24(30)26-17-8-6-2)22(18-19)29-27-20-12-9-10-13-21(20)28-29/h9-10,12-15,18H,5-8,11,16-17H2,1-4H3,(H,26,30). The van der Waals surface area contributed by atoms with E-state index in [0.717, 1.165) is 30.3 Å². The highest BCUT2D eigenvalue weighted by Gasteiger charge is 2.23. The third kappa shape index (κ3) is 5.84. The number of aromatic nitrogens is 3. The number of nitrogens with one attached hydrogen (secondary N) is 1. The first-order valence-corrected chi connectivity index (χ1v) is 11.4. The van der Waals surface area contributed by atoms with E-state index in [1.807, 2.05) is 36.4 Å². The second-order valence-corrected chi connectivity index (χ2v) is 8.67. The van der Waals surface area contributed by atoms with Gasteiger partial charge in [-0.05, 0) is 48.1 Å². The summed E-state index contributed by atoms with van der Waals surface area (Å²) < 4.78 is 5.66. The minimum atomic E-state index is -0.457. The number of fused-ring (bicyclic) bond motifs is 1. The van der Waals surface area contributed by atoms with Gasteiger partial charge in [-0.1, -0.05) is 71.6 Å². The summed E-state index contributed by atoms with van der Waals surface area (Å²) in [7, 11) is 0. The summed E-state index contributed by atoms with van der Waals surface area (Å²) in [6.07, 6.45) is 6.16. The van der Waals surface area contributed by atoms with Gasteiger partial charge in [-0.15, -0.1) is 15.0 Å². The SMILES string of the molecule is CCCCCC(C)(C)c1ccc(OC(=O)NCCCC)c(-n2nc3ccccc3n2)c1. The Bertz CT molecular complexity index is 977. The molecule has 0 aliphatic rings. The third-order valence-corrected chi connectivity index (χ3v) is 5.65. The zero-order valence-corrected chi connectivity index (χ0v) is 19.1. The van der Waals surface area contributed by atoms with Gasteiger partial charge < -0.3 is 10.1 Å². The monoisotopic (exact) mass is 422 g/mol. The van der Waals surface area contributed by atoms with Gasteiger partial charge in [0.15, 0.2) is 5.75 Å². The van der Waals surface area contributed by atoms with E-state index in [1.165, 1.54) is 24.8 Å². The summed E-state index contributed by atoms with van der Waals surface area (Å²) in [6, 6.07) is 13.7. The molecule has 3 rings (SSSR count). The molecular formula is C25H34N4O2. The van der Waals surface area contributed by atoms with Gasteiger partial charge in [-0.3, -0.25) is 0 Å². The molecule has 0 atom stereocenters. The average Bonchev–Trinajstić information content (AvgIpc) is 3.18. The van der Waals surface area contributed by atoms with Gasteiger partial charge in [-0.25, -0.2) is 4.79 Å². The minimum Gasteiger partial charge on any atom is -0.408 e. The molecule has 0 saturated heterocycles. The van der Waals surface area contributed by atoms with E-state index in [2.05, 4.69) is 49.3 Å². The average molecular weight is 423 g/mol. The fourth-order valence-electron chi connectivity index (χ4n) is 3.61. The lowest BCUT2D eigenvalue weighted by molar-refractivity contribution is 0.200. The minimum absolute atomic E-state index is 0.00158. The number of carbonyl (C=O) groups is 1. The van der Waals surface area contributed by atoms with Crippen molar-refractivity contribution in [1.82, 2.24) is 20.3 Å². The Morgan fingerprint density at radius 2 is 1.68 bits per heavy atom. The number of rotatable bonds is 10. The van der Waals surface area contributed by atoms with Crippen molar-refractivity contribution >= 4 is 17.1 Å². The second-order valence-electron chi connectivity index (χ2n) is 8.67. The molecule has 1 amide bonds. The Morgan fingerprint density at radius 3 is 2.32 bits per heavy atom. The van der Waals surface area contributed by atoms with Crippen molar-refractivity contribution in [1.29, 1.82) is 0 Å². The maximum absolute atomic E-state index is 12.3. The van der Waals surface area contributed by atoms with Crippen LogP contribution in [0.4, 0.5) is 4.79 Å². The molecule has 31 heavy (non-hydrogen) atoms. The maximum atomic E-state index is 12.3. The number of unbranched alkanes of at least 4 members (excludes halogenated alkanes) is 3. The molecule has 0 radical (unpaired) electrons. The number of hydrogen-bond donors (Lipinski definition) is 1. The summed E-state index contributed by atoms with van der Waals surface area (Å²) in [6.45, 7) is 9.41. The lowest BCUT2D eigenvalue weighted by Gasteiger charge is -2.26. The number of ether oxygens (including phenoxy) is 1. The summed E-state index contributed by atoms with van der Waals surface area (Å²) in [4.78, 5) is 13.9. The van der Waals surface area contributed by atoms with E-state index in [0.29, 0.717) is 18.0 Å². The van der Waals surface area contributed by atoms with Gasteiger partial charge in [0.25, 0.3) is 0 Å². The van der Waals surface area contributed by atoms with E-state index < -0.39 is 6.09 Å². The van der Waals surface area contributed by atoms with Gasteiger partial charge in [0.05, 0.1) is 0 Å². The van der Waals surface area contributed by atoms with E-state index >= 15 is 0 Å². The normalized spacial score (nSPS) is 11.6. The van der Waals surface area contributed by atoms with Crippen LogP contribution in [0, 0.1) is 0 Å². The third-order valence-electron chi connectivity index (χ3n) is 5.65. The lowest BCUT2D eigenvalue weighted by atomic mass is 9.80. The molecule has 0 fully saturated rings. The maximum Gasteiger partial charge on any atom is 0.412 e. The van der Waals surface area contributed by atoms with Gasteiger partial charge in [0, 0.05) is 6.54 Å². The number of benzene rings is 2. The van der Waals surface area contributed by atoms with Crippen LogP contribution in [0.25, 0.3) is 16.7 Å². The molecule has 166 valence electrons. The molecular weight excluding hydrogens is 388 g/mol. The highest BCUT2D eigenvalue weighted by atomic mass is 16.6. The van der Waals surface area contributed by atoms with E-state index in [1.54, 1.807) is 4.80 Å². The van der Waals surface area contributed by atoms with Gasteiger partial charge >= 0.3 is 6.09 Å². The molecule has 3 aromatic rings. The molecule has 6 heteroatoms. The number of carbonyl (C=O) groups excluding carboxylic acids is 1. The molecule has 1 heterocycles. The first-order chi connectivity index (χ1) is 14.9. The fraction of sp³-hybridized carbons (Fsp3) is 0.480. The van der Waals surface area contributed by atoms with Gasteiger partial charge in [-0.2, -0.15) is 0 Å². The summed E-state index contributed by atoms with van der Waals surface area (Å²) in [5.74, 6) is 0.447. The molecule has 0 unspecified atom stereocenters. The van der Waals surface area contributed by atoms with Crippen molar-refractivity contribution in [2.45, 2.75) is 71.6 Å². The van der Waals surface area contributed by atoms with Crippen molar-refractivity contribution < 1.29 is 9.53 Å². The van der Waals surface area contributed by atoms with Crippen LogP contribution >= 0.6 is 0 Å². The predicted molar refractivity (Wildman–Crippen MR) is 125 cm³/mol. The van der Waals surface area contributed by atoms with Crippen LogP contribution in [0.5, 0.6) is 5.75 Å². The smallest absolute Gasteiger partial charge is 0.408 e. The second kappa shape index (κ2) is 10.4. The quantitative estimate of drug-likeness (QED) is 0.397. The molecule has 0 aliphatic carbocycles. The van der Waals surface area contributed by atoms with Crippen molar-refractivity contribution in [2.24, 2.45) is 0 Å². The van der Waals surface area contributed by atoms with Crippen LogP contribution in [0.1, 0.15) is 71.8 Å². The number of amides is 1. The molecule has 0 saturated carbocycles. The van der Waals surface area contributed by atoms with Crippen LogP contribution < -0.4 is 10.1 Å². The first kappa shape index (κ1) is 22.8. The summed E-state index contributed by atoms with van der Waals surface area (Å²) in [5.41, 5.74) is 3.45. The van der Waals surface area contributed by atoms with Crippen LogP contribution in [0.2, 0.25) is 0 Å². The molecule has 2 aromatic carbocycles. The van der Waals surface area contributed by atoms with Gasteiger partial charge in [0.1, 0.15) is 16.7 Å². The molecule has 0 bridgehead atoms. The van der Waals surface area contributed by atoms with Crippen molar-refractivity contribution in [3.8, 4) is 11.4 Å². The molecule has 0 spiro atoms. The summed E-state index contributed by atoms with van der Waals surface area (Å²) >= 11 is 0. The van der Waals surface area contributed by atoms with E-state index in [-0.39, 0.29) is 5.41 Å². The van der Waals surface area contributed by atoms with E-state index in [9.17, 15) is 4.79 Å². The highest BCUT2D eigenvalue weighted by Crippen LogP contribution is 2.34. The Hall–Kier alpha value is -2.89. The first-order valence-electron chi connectivity index (χ1n) is 11.4. The number of hydrogen-bond acceptors (Lipinski definition) is 4. The Morgan fingerprint density at radius 1 is 1.00 bits per heavy atom. The van der Waals surface area contributed by atoms with Crippen LogP contribution in [-0.4, -0.2) is 27.6 Å². The number of nitrogens with zero attached hydrogens (tertiary/aromatic N) is 3. The predicted octanol–water partition coefficient (Wildman–Crippen LogP) is 6.17. The Kier molecular flexibility index (Phi) is 7.66. The zero-order chi connectivity index (χ0) is 22.3. The van der Waals surface area contributed by atoms with Crippen molar-refractivity contribution in [3.63, 3.8) is 0 Å². The highest BCUT2D eigenvalue weighted by molar-refractivity contribution is 5.75. The van der Waals surface area contributed by atoms with Crippen molar-refractivity contribution in [3.05, 3.63) is 48.0 Å². The van der Waals surface area contributed by atoms with Crippen LogP contribution in [0.3, 0.4) is 0 Å². The Balaban J connectivity index is 1.95. The largest absolute Gasteiger partial charge is 0.412 e. The topological polar surface area (TPSA) is 69.0 Å².